The van der Waals surface area contributed by atoms with Crippen molar-refractivity contribution in [2.45, 2.75) is 20.3 Å². The molecule has 0 amide bonds. The normalized spacial score (nSPS) is 11.4. The molecule has 0 aromatic heterocycles. The summed E-state index contributed by atoms with van der Waals surface area (Å²) in [5.41, 5.74) is 2.36. The maximum atomic E-state index is 10.8. The van der Waals surface area contributed by atoms with Gasteiger partial charge in [0.15, 0.2) is 5.78 Å². The Morgan fingerprint density at radius 3 is 2.38 bits per heavy atom. The van der Waals surface area contributed by atoms with Crippen molar-refractivity contribution >= 4 is 5.78 Å². The minimum atomic E-state index is 0.119. The molecule has 0 saturated carbocycles. The van der Waals surface area contributed by atoms with Crippen molar-refractivity contribution in [1.82, 2.24) is 0 Å². The summed E-state index contributed by atoms with van der Waals surface area (Å²) < 4.78 is 0. The smallest absolute Gasteiger partial charge is 0.152 e. The van der Waals surface area contributed by atoms with E-state index in [-0.39, 0.29) is 5.78 Å². The third-order valence-electron chi connectivity index (χ3n) is 1.78. The molecule has 0 aliphatic heterocycles. The van der Waals surface area contributed by atoms with Crippen LogP contribution in [-0.2, 0) is 11.2 Å². The first-order chi connectivity index (χ1) is 6.18. The molecule has 0 aliphatic carbocycles. The third-order valence-corrected chi connectivity index (χ3v) is 1.78. The Labute approximate surface area is 79.1 Å². The van der Waals surface area contributed by atoms with Crippen LogP contribution in [0.25, 0.3) is 0 Å². The Balaban J connectivity index is 2.65. The van der Waals surface area contributed by atoms with Crippen LogP contribution in [0.15, 0.2) is 42.0 Å². The van der Waals surface area contributed by atoms with E-state index in [1.54, 1.807) is 13.0 Å². The summed E-state index contributed by atoms with van der Waals surface area (Å²) in [6.45, 7) is 3.56. The Bertz CT molecular complexity index is 309. The Morgan fingerprint density at radius 2 is 1.85 bits per heavy atom. The van der Waals surface area contributed by atoms with E-state index >= 15 is 0 Å². The average molecular weight is 174 g/mol. The molecule has 0 bridgehead atoms. The average Bonchev–Trinajstić information content (AvgIpc) is 2.04. The fourth-order valence-electron chi connectivity index (χ4n) is 1.32. The fourth-order valence-corrected chi connectivity index (χ4v) is 1.32. The van der Waals surface area contributed by atoms with Gasteiger partial charge in [0.1, 0.15) is 0 Å². The Morgan fingerprint density at radius 1 is 1.23 bits per heavy atom. The van der Waals surface area contributed by atoms with Crippen LogP contribution in [0, 0.1) is 0 Å². The molecule has 1 aromatic carbocycles. The second-order valence-corrected chi connectivity index (χ2v) is 3.26. The lowest BCUT2D eigenvalue weighted by atomic mass is 10.1. The first-order valence-electron chi connectivity index (χ1n) is 4.40. The largest absolute Gasteiger partial charge is 0.295 e. The molecule has 0 unspecified atom stereocenters. The molecule has 0 spiro atoms. The summed E-state index contributed by atoms with van der Waals surface area (Å²) in [5, 5.41) is 0. The van der Waals surface area contributed by atoms with E-state index in [0.717, 1.165) is 12.0 Å². The van der Waals surface area contributed by atoms with Crippen molar-refractivity contribution < 1.29 is 4.79 Å². The monoisotopic (exact) mass is 174 g/mol. The van der Waals surface area contributed by atoms with E-state index in [1.165, 1.54) is 5.56 Å². The van der Waals surface area contributed by atoms with Gasteiger partial charge in [0.25, 0.3) is 0 Å². The molecule has 0 radical (unpaired) electrons. The van der Waals surface area contributed by atoms with Crippen LogP contribution in [0.3, 0.4) is 0 Å². The van der Waals surface area contributed by atoms with Gasteiger partial charge in [-0.05, 0) is 31.9 Å². The molecular formula is C12H14O. The van der Waals surface area contributed by atoms with Crippen molar-refractivity contribution in [1.29, 1.82) is 0 Å². The minimum absolute atomic E-state index is 0.119. The van der Waals surface area contributed by atoms with Gasteiger partial charge < -0.3 is 0 Å². The van der Waals surface area contributed by atoms with Gasteiger partial charge in [-0.1, -0.05) is 35.9 Å². The Kier molecular flexibility index (Phi) is 3.44. The summed E-state index contributed by atoms with van der Waals surface area (Å²) in [7, 11) is 0. The van der Waals surface area contributed by atoms with Gasteiger partial charge in [-0.3, -0.25) is 4.79 Å². The van der Waals surface area contributed by atoms with Gasteiger partial charge in [0, 0.05) is 0 Å². The van der Waals surface area contributed by atoms with Crippen LogP contribution in [0.2, 0.25) is 0 Å². The zero-order chi connectivity index (χ0) is 9.68. The second kappa shape index (κ2) is 4.61. The Hall–Kier alpha value is -1.37. The van der Waals surface area contributed by atoms with Gasteiger partial charge >= 0.3 is 0 Å². The molecule has 1 aromatic rings. The van der Waals surface area contributed by atoms with Crippen molar-refractivity contribution in [3.05, 3.63) is 47.5 Å². The number of carbonyl (C=O) groups excluding carboxylic acids is 1. The minimum Gasteiger partial charge on any atom is -0.295 e. The second-order valence-electron chi connectivity index (χ2n) is 3.26. The first kappa shape index (κ1) is 9.72. The lowest BCUT2D eigenvalue weighted by Crippen LogP contribution is -1.90. The van der Waals surface area contributed by atoms with Crippen LogP contribution in [0.5, 0.6) is 0 Å². The highest BCUT2D eigenvalue weighted by atomic mass is 16.1. The van der Waals surface area contributed by atoms with Gasteiger partial charge in [-0.2, -0.15) is 0 Å². The quantitative estimate of drug-likeness (QED) is 0.644. The van der Waals surface area contributed by atoms with Crippen molar-refractivity contribution in [3.8, 4) is 0 Å². The molecule has 0 aliphatic rings. The first-order valence-corrected chi connectivity index (χ1v) is 4.40. The predicted molar refractivity (Wildman–Crippen MR) is 54.6 cm³/mol. The molecule has 0 heterocycles. The number of hydrogen-bond donors (Lipinski definition) is 0. The predicted octanol–water partition coefficient (Wildman–Crippen LogP) is 2.76. The zero-order valence-corrected chi connectivity index (χ0v) is 8.08. The van der Waals surface area contributed by atoms with Gasteiger partial charge in [-0.15, -0.1) is 0 Å². The van der Waals surface area contributed by atoms with Gasteiger partial charge in [-0.25, -0.2) is 0 Å². The van der Waals surface area contributed by atoms with E-state index < -0.39 is 0 Å². The zero-order valence-electron chi connectivity index (χ0n) is 8.08. The van der Waals surface area contributed by atoms with E-state index in [0.29, 0.717) is 0 Å². The number of allylic oxidation sites excluding steroid dienone is 2. The summed E-state index contributed by atoms with van der Waals surface area (Å²) in [5.74, 6) is 0.119. The lowest BCUT2D eigenvalue weighted by Gasteiger charge is -1.99. The highest BCUT2D eigenvalue weighted by Gasteiger charge is 1.94. The van der Waals surface area contributed by atoms with Crippen LogP contribution < -0.4 is 0 Å². The summed E-state index contributed by atoms with van der Waals surface area (Å²) in [4.78, 5) is 10.8. The molecular weight excluding hydrogens is 160 g/mol. The van der Waals surface area contributed by atoms with Crippen LogP contribution >= 0.6 is 0 Å². The van der Waals surface area contributed by atoms with Crippen molar-refractivity contribution in [2.75, 3.05) is 0 Å². The number of hydrogen-bond acceptors (Lipinski definition) is 1. The SMILES string of the molecule is CC(=O)/C=C(\C)Cc1ccccc1. The van der Waals surface area contributed by atoms with Crippen LogP contribution in [0.4, 0.5) is 0 Å². The highest BCUT2D eigenvalue weighted by Crippen LogP contribution is 2.06. The number of carbonyl (C=O) groups is 1. The van der Waals surface area contributed by atoms with E-state index in [1.807, 2.05) is 25.1 Å². The number of rotatable bonds is 3. The summed E-state index contributed by atoms with van der Waals surface area (Å²) in [6.07, 6.45) is 2.55. The molecule has 0 atom stereocenters. The van der Waals surface area contributed by atoms with Gasteiger partial charge in [0.2, 0.25) is 0 Å². The fraction of sp³-hybridized carbons (Fsp3) is 0.250. The standard InChI is InChI=1S/C12H14O/c1-10(8-11(2)13)9-12-6-4-3-5-7-12/h3-8H,9H2,1-2H3/b10-8+. The van der Waals surface area contributed by atoms with E-state index in [4.69, 9.17) is 0 Å². The van der Waals surface area contributed by atoms with Crippen LogP contribution in [0.1, 0.15) is 19.4 Å². The van der Waals surface area contributed by atoms with Crippen LogP contribution in [-0.4, -0.2) is 5.78 Å². The maximum absolute atomic E-state index is 10.8. The summed E-state index contributed by atoms with van der Waals surface area (Å²) in [6, 6.07) is 10.1. The molecule has 0 saturated heterocycles. The topological polar surface area (TPSA) is 17.1 Å². The third kappa shape index (κ3) is 3.70. The van der Waals surface area contributed by atoms with Crippen molar-refractivity contribution in [3.63, 3.8) is 0 Å². The molecule has 68 valence electrons. The molecule has 13 heavy (non-hydrogen) atoms. The summed E-state index contributed by atoms with van der Waals surface area (Å²) >= 11 is 0. The lowest BCUT2D eigenvalue weighted by molar-refractivity contribution is -0.112. The van der Waals surface area contributed by atoms with Crippen molar-refractivity contribution in [2.24, 2.45) is 0 Å². The molecule has 0 fully saturated rings. The molecule has 0 N–H and O–H groups in total. The van der Waals surface area contributed by atoms with Gasteiger partial charge in [0.05, 0.1) is 0 Å². The number of ketones is 1. The van der Waals surface area contributed by atoms with E-state index in [9.17, 15) is 4.79 Å². The molecule has 1 nitrogen and oxygen atoms in total. The maximum Gasteiger partial charge on any atom is 0.152 e. The molecule has 1 heteroatoms. The van der Waals surface area contributed by atoms with E-state index in [2.05, 4.69) is 12.1 Å². The number of benzene rings is 1. The highest BCUT2D eigenvalue weighted by molar-refractivity contribution is 5.87. The molecule has 1 rings (SSSR count).